The van der Waals surface area contributed by atoms with Crippen molar-refractivity contribution in [2.24, 2.45) is 11.8 Å². The topological polar surface area (TPSA) is 49.4 Å². The number of hydrogen-bond donors (Lipinski definition) is 1. The molecule has 2 aliphatic rings. The monoisotopic (exact) mass is 300 g/mol. The van der Waals surface area contributed by atoms with Gasteiger partial charge in [-0.15, -0.1) is 0 Å². The SMILES string of the molecule is CC1=CCC[C@@H](C)[C@H]1CNC1CCN(S(C)(=O)=O)CC1. The van der Waals surface area contributed by atoms with Gasteiger partial charge in [-0.3, -0.25) is 0 Å². The number of nitrogens with one attached hydrogen (secondary N) is 1. The number of rotatable bonds is 4. The van der Waals surface area contributed by atoms with Gasteiger partial charge in [-0.25, -0.2) is 12.7 Å². The van der Waals surface area contributed by atoms with Crippen LogP contribution >= 0.6 is 0 Å². The molecule has 0 amide bonds. The van der Waals surface area contributed by atoms with E-state index in [0.29, 0.717) is 25.0 Å². The highest BCUT2D eigenvalue weighted by Crippen LogP contribution is 2.29. The number of hydrogen-bond acceptors (Lipinski definition) is 3. The van der Waals surface area contributed by atoms with Crippen LogP contribution in [0.1, 0.15) is 39.5 Å². The standard InChI is InChI=1S/C15H28N2O2S/c1-12-5-4-6-13(2)15(12)11-16-14-7-9-17(10-8-14)20(3,18)19/h5,13-16H,4,6-11H2,1-3H3/t13-,15+/m1/s1. The molecular weight excluding hydrogens is 272 g/mol. The van der Waals surface area contributed by atoms with E-state index in [9.17, 15) is 8.42 Å². The van der Waals surface area contributed by atoms with Crippen LogP contribution in [0.3, 0.4) is 0 Å². The number of allylic oxidation sites excluding steroid dienone is 1. The lowest BCUT2D eigenvalue weighted by molar-refractivity contribution is 0.268. The average Bonchev–Trinajstić information content (AvgIpc) is 2.37. The highest BCUT2D eigenvalue weighted by molar-refractivity contribution is 7.88. The molecule has 0 radical (unpaired) electrons. The van der Waals surface area contributed by atoms with Gasteiger partial charge in [0.25, 0.3) is 0 Å². The van der Waals surface area contributed by atoms with E-state index in [1.807, 2.05) is 0 Å². The normalized spacial score (nSPS) is 30.2. The first kappa shape index (κ1) is 16.0. The molecule has 1 saturated heterocycles. The van der Waals surface area contributed by atoms with Gasteiger partial charge in [0.1, 0.15) is 0 Å². The van der Waals surface area contributed by atoms with Crippen molar-refractivity contribution >= 4 is 10.0 Å². The van der Waals surface area contributed by atoms with E-state index in [1.165, 1.54) is 24.7 Å². The Bertz CT molecular complexity index is 450. The molecule has 1 aliphatic carbocycles. The van der Waals surface area contributed by atoms with Crippen molar-refractivity contribution in [3.8, 4) is 0 Å². The highest BCUT2D eigenvalue weighted by atomic mass is 32.2. The van der Waals surface area contributed by atoms with Crippen molar-refractivity contribution in [2.75, 3.05) is 25.9 Å². The maximum Gasteiger partial charge on any atom is 0.211 e. The molecule has 1 heterocycles. The van der Waals surface area contributed by atoms with E-state index >= 15 is 0 Å². The second-order valence-electron chi connectivity index (χ2n) is 6.45. The smallest absolute Gasteiger partial charge is 0.211 e. The zero-order chi connectivity index (χ0) is 14.8. The molecule has 20 heavy (non-hydrogen) atoms. The van der Waals surface area contributed by atoms with Gasteiger partial charge in [0.2, 0.25) is 10.0 Å². The first-order valence-corrected chi connectivity index (χ1v) is 9.58. The molecule has 0 unspecified atom stereocenters. The molecule has 0 saturated carbocycles. The Hall–Kier alpha value is -0.390. The third-order valence-corrected chi connectivity index (χ3v) is 6.21. The molecule has 1 N–H and O–H groups in total. The minimum Gasteiger partial charge on any atom is -0.313 e. The minimum atomic E-state index is -3.01. The fraction of sp³-hybridized carbons (Fsp3) is 0.867. The zero-order valence-electron chi connectivity index (χ0n) is 12.9. The average molecular weight is 300 g/mol. The Labute approximate surface area is 123 Å². The molecule has 116 valence electrons. The van der Waals surface area contributed by atoms with E-state index in [-0.39, 0.29) is 0 Å². The Kier molecular flexibility index (Phi) is 5.26. The van der Waals surface area contributed by atoms with Crippen LogP contribution in [0.25, 0.3) is 0 Å². The van der Waals surface area contributed by atoms with Crippen molar-refractivity contribution in [1.82, 2.24) is 9.62 Å². The summed E-state index contributed by atoms with van der Waals surface area (Å²) in [6.07, 6.45) is 8.04. The second-order valence-corrected chi connectivity index (χ2v) is 8.44. The summed E-state index contributed by atoms with van der Waals surface area (Å²) >= 11 is 0. The van der Waals surface area contributed by atoms with E-state index in [2.05, 4.69) is 25.2 Å². The molecule has 2 atom stereocenters. The molecular formula is C15H28N2O2S. The van der Waals surface area contributed by atoms with Crippen LogP contribution in [0.15, 0.2) is 11.6 Å². The molecule has 5 heteroatoms. The summed E-state index contributed by atoms with van der Waals surface area (Å²) in [7, 11) is -3.01. The van der Waals surface area contributed by atoms with Crippen LogP contribution in [0.5, 0.6) is 0 Å². The lowest BCUT2D eigenvalue weighted by atomic mass is 9.80. The van der Waals surface area contributed by atoms with Gasteiger partial charge in [-0.1, -0.05) is 18.6 Å². The molecule has 1 fully saturated rings. The molecule has 0 aromatic carbocycles. The van der Waals surface area contributed by atoms with E-state index in [4.69, 9.17) is 0 Å². The summed E-state index contributed by atoms with van der Waals surface area (Å²) in [6.45, 7) is 6.94. The van der Waals surface area contributed by atoms with E-state index in [1.54, 1.807) is 4.31 Å². The minimum absolute atomic E-state index is 0.468. The Balaban J connectivity index is 1.79. The Morgan fingerprint density at radius 2 is 1.95 bits per heavy atom. The number of piperidine rings is 1. The third kappa shape index (κ3) is 4.06. The van der Waals surface area contributed by atoms with Crippen LogP contribution in [0.4, 0.5) is 0 Å². The molecule has 0 bridgehead atoms. The molecule has 0 spiro atoms. The molecule has 0 aromatic rings. The van der Waals surface area contributed by atoms with Gasteiger partial charge in [0, 0.05) is 25.7 Å². The van der Waals surface area contributed by atoms with E-state index in [0.717, 1.165) is 25.3 Å². The second kappa shape index (κ2) is 6.58. The lowest BCUT2D eigenvalue weighted by Gasteiger charge is -2.34. The predicted molar refractivity (Wildman–Crippen MR) is 83.1 cm³/mol. The number of sulfonamides is 1. The van der Waals surface area contributed by atoms with E-state index < -0.39 is 10.0 Å². The molecule has 0 aromatic heterocycles. The lowest BCUT2D eigenvalue weighted by Crippen LogP contribution is -2.46. The van der Waals surface area contributed by atoms with Crippen LogP contribution in [0, 0.1) is 11.8 Å². The summed E-state index contributed by atoms with van der Waals surface area (Å²) < 4.78 is 24.6. The van der Waals surface area contributed by atoms with Crippen LogP contribution < -0.4 is 5.32 Å². The summed E-state index contributed by atoms with van der Waals surface area (Å²) in [4.78, 5) is 0. The van der Waals surface area contributed by atoms with Gasteiger partial charge < -0.3 is 5.32 Å². The van der Waals surface area contributed by atoms with Gasteiger partial charge in [0.05, 0.1) is 6.26 Å². The van der Waals surface area contributed by atoms with Gasteiger partial charge in [-0.05, 0) is 44.4 Å². The highest BCUT2D eigenvalue weighted by Gasteiger charge is 2.27. The first-order chi connectivity index (χ1) is 9.38. The quantitative estimate of drug-likeness (QED) is 0.808. The summed E-state index contributed by atoms with van der Waals surface area (Å²) in [5.41, 5.74) is 1.52. The predicted octanol–water partition coefficient (Wildman–Crippen LogP) is 1.99. The molecule has 2 rings (SSSR count). The zero-order valence-corrected chi connectivity index (χ0v) is 13.7. The Morgan fingerprint density at radius 3 is 2.50 bits per heavy atom. The molecule has 1 aliphatic heterocycles. The fourth-order valence-corrected chi connectivity index (χ4v) is 4.30. The summed E-state index contributed by atoms with van der Waals surface area (Å²) in [5, 5.41) is 3.66. The summed E-state index contributed by atoms with van der Waals surface area (Å²) in [5.74, 6) is 1.40. The van der Waals surface area contributed by atoms with Crippen molar-refractivity contribution < 1.29 is 8.42 Å². The van der Waals surface area contributed by atoms with Crippen molar-refractivity contribution in [3.63, 3.8) is 0 Å². The maximum atomic E-state index is 11.5. The maximum absolute atomic E-state index is 11.5. The Morgan fingerprint density at radius 1 is 1.30 bits per heavy atom. The fourth-order valence-electron chi connectivity index (χ4n) is 3.42. The first-order valence-electron chi connectivity index (χ1n) is 7.73. The van der Waals surface area contributed by atoms with Gasteiger partial charge in [-0.2, -0.15) is 0 Å². The van der Waals surface area contributed by atoms with Crippen LogP contribution in [-0.4, -0.2) is 44.7 Å². The number of nitrogens with zero attached hydrogens (tertiary/aromatic N) is 1. The van der Waals surface area contributed by atoms with Crippen molar-refractivity contribution in [2.45, 2.75) is 45.6 Å². The van der Waals surface area contributed by atoms with Crippen molar-refractivity contribution in [1.29, 1.82) is 0 Å². The van der Waals surface area contributed by atoms with Crippen LogP contribution in [0.2, 0.25) is 0 Å². The van der Waals surface area contributed by atoms with Crippen molar-refractivity contribution in [3.05, 3.63) is 11.6 Å². The summed E-state index contributed by atoms with van der Waals surface area (Å²) in [6, 6.07) is 0.468. The molecule has 4 nitrogen and oxygen atoms in total. The van der Waals surface area contributed by atoms with Gasteiger partial charge >= 0.3 is 0 Å². The third-order valence-electron chi connectivity index (χ3n) is 4.91. The van der Waals surface area contributed by atoms with Crippen LogP contribution in [-0.2, 0) is 10.0 Å². The largest absolute Gasteiger partial charge is 0.313 e. The van der Waals surface area contributed by atoms with Gasteiger partial charge in [0.15, 0.2) is 0 Å².